The van der Waals surface area contributed by atoms with E-state index in [-0.39, 0.29) is 18.6 Å². The van der Waals surface area contributed by atoms with Gasteiger partial charge in [-0.2, -0.15) is 0 Å². The fourth-order valence-corrected chi connectivity index (χ4v) is 2.49. The molecule has 2 aromatic carbocycles. The zero-order valence-electron chi connectivity index (χ0n) is 14.3. The molecule has 1 atom stereocenters. The number of nitrogens with zero attached hydrogens (tertiary/aromatic N) is 1. The lowest BCUT2D eigenvalue weighted by Gasteiger charge is -2.29. The summed E-state index contributed by atoms with van der Waals surface area (Å²) in [6, 6.07) is 14.6. The van der Waals surface area contributed by atoms with Gasteiger partial charge in [-0.25, -0.2) is 0 Å². The minimum Gasteiger partial charge on any atom is -0.497 e. The van der Waals surface area contributed by atoms with E-state index in [0.29, 0.717) is 24.7 Å². The van der Waals surface area contributed by atoms with Crippen LogP contribution in [0, 0.1) is 0 Å². The lowest BCUT2D eigenvalue weighted by Crippen LogP contribution is -2.43. The quantitative estimate of drug-likeness (QED) is 0.806. The van der Waals surface area contributed by atoms with Gasteiger partial charge in [-0.3, -0.25) is 4.79 Å². The highest BCUT2D eigenvalue weighted by Gasteiger charge is 2.23. The van der Waals surface area contributed by atoms with Gasteiger partial charge < -0.3 is 23.8 Å². The van der Waals surface area contributed by atoms with Gasteiger partial charge in [0, 0.05) is 7.05 Å². The van der Waals surface area contributed by atoms with Crippen LogP contribution in [0.4, 0.5) is 0 Å². The number of hydrogen-bond acceptors (Lipinski definition) is 5. The lowest BCUT2D eigenvalue weighted by atomic mass is 10.2. The van der Waals surface area contributed by atoms with Gasteiger partial charge in [0.2, 0.25) is 0 Å². The molecule has 132 valence electrons. The fourth-order valence-electron chi connectivity index (χ4n) is 2.49. The molecule has 0 saturated heterocycles. The summed E-state index contributed by atoms with van der Waals surface area (Å²) in [5, 5.41) is 0. The second-order valence-electron chi connectivity index (χ2n) is 5.74. The number of amides is 1. The van der Waals surface area contributed by atoms with Crippen LogP contribution >= 0.6 is 0 Å². The lowest BCUT2D eigenvalue weighted by molar-refractivity contribution is -0.133. The van der Waals surface area contributed by atoms with Crippen molar-refractivity contribution >= 4 is 5.91 Å². The summed E-state index contributed by atoms with van der Waals surface area (Å²) >= 11 is 0. The van der Waals surface area contributed by atoms with Crippen molar-refractivity contribution < 1.29 is 23.7 Å². The first kappa shape index (κ1) is 17.0. The zero-order valence-corrected chi connectivity index (χ0v) is 14.3. The molecule has 0 radical (unpaired) electrons. The van der Waals surface area contributed by atoms with E-state index in [1.807, 2.05) is 24.3 Å². The van der Waals surface area contributed by atoms with Crippen LogP contribution < -0.4 is 18.9 Å². The fraction of sp³-hybridized carbons (Fsp3) is 0.316. The largest absolute Gasteiger partial charge is 0.497 e. The summed E-state index contributed by atoms with van der Waals surface area (Å²) in [5.74, 6) is 2.67. The Bertz CT molecular complexity index is 716. The van der Waals surface area contributed by atoms with Crippen LogP contribution in [-0.2, 0) is 4.79 Å². The number of ether oxygens (including phenoxy) is 4. The summed E-state index contributed by atoms with van der Waals surface area (Å²) in [4.78, 5) is 13.8. The van der Waals surface area contributed by atoms with Crippen molar-refractivity contribution in [1.82, 2.24) is 4.90 Å². The first-order chi connectivity index (χ1) is 12.2. The monoisotopic (exact) mass is 343 g/mol. The summed E-state index contributed by atoms with van der Waals surface area (Å²) in [6.07, 6.45) is -0.204. The molecule has 6 heteroatoms. The molecular formula is C19H21NO5. The second kappa shape index (κ2) is 7.79. The first-order valence-electron chi connectivity index (χ1n) is 8.05. The van der Waals surface area contributed by atoms with Crippen LogP contribution in [0.25, 0.3) is 0 Å². The Labute approximate surface area is 146 Å². The van der Waals surface area contributed by atoms with E-state index in [1.54, 1.807) is 43.3 Å². The van der Waals surface area contributed by atoms with Gasteiger partial charge >= 0.3 is 0 Å². The topological polar surface area (TPSA) is 57.2 Å². The highest BCUT2D eigenvalue weighted by molar-refractivity contribution is 5.77. The number of benzene rings is 2. The molecule has 0 fully saturated rings. The van der Waals surface area contributed by atoms with Crippen molar-refractivity contribution in [3.63, 3.8) is 0 Å². The van der Waals surface area contributed by atoms with E-state index in [4.69, 9.17) is 18.9 Å². The molecule has 1 aliphatic rings. The Hall–Kier alpha value is -2.89. The molecule has 0 aliphatic carbocycles. The molecule has 1 amide bonds. The summed E-state index contributed by atoms with van der Waals surface area (Å²) < 4.78 is 22.1. The summed E-state index contributed by atoms with van der Waals surface area (Å²) in [5.41, 5.74) is 0. The maximum absolute atomic E-state index is 12.2. The smallest absolute Gasteiger partial charge is 0.260 e. The number of carbonyl (C=O) groups excluding carboxylic acids is 1. The van der Waals surface area contributed by atoms with Crippen molar-refractivity contribution in [2.45, 2.75) is 6.10 Å². The van der Waals surface area contributed by atoms with Crippen LogP contribution in [0.3, 0.4) is 0 Å². The SMILES string of the molecule is COc1ccc(OCC(=O)N(C)C[C@H]2COc3ccccc3O2)cc1. The average Bonchev–Trinajstić information content (AvgIpc) is 2.66. The Balaban J connectivity index is 1.47. The minimum absolute atomic E-state index is 0.0347. The standard InChI is InChI=1S/C19H21NO5/c1-20(11-16-12-24-17-5-3-4-6-18(17)25-16)19(21)13-23-15-9-7-14(22-2)8-10-15/h3-10,16H,11-13H2,1-2H3/t16-/m0/s1. The van der Waals surface area contributed by atoms with Gasteiger partial charge in [0.1, 0.15) is 18.1 Å². The normalized spacial score (nSPS) is 15.4. The van der Waals surface area contributed by atoms with Gasteiger partial charge in [-0.05, 0) is 36.4 Å². The molecule has 1 aliphatic heterocycles. The van der Waals surface area contributed by atoms with Gasteiger partial charge in [-0.15, -0.1) is 0 Å². The van der Waals surface area contributed by atoms with Gasteiger partial charge in [0.05, 0.1) is 13.7 Å². The molecule has 0 bridgehead atoms. The van der Waals surface area contributed by atoms with Crippen molar-refractivity contribution in [2.75, 3.05) is 33.9 Å². The maximum Gasteiger partial charge on any atom is 0.260 e. The van der Waals surface area contributed by atoms with Gasteiger partial charge in [-0.1, -0.05) is 12.1 Å². The van der Waals surface area contributed by atoms with E-state index in [0.717, 1.165) is 11.5 Å². The molecule has 1 heterocycles. The molecular weight excluding hydrogens is 322 g/mol. The Morgan fingerprint density at radius 3 is 2.52 bits per heavy atom. The van der Waals surface area contributed by atoms with E-state index < -0.39 is 0 Å². The third-order valence-electron chi connectivity index (χ3n) is 3.89. The maximum atomic E-state index is 12.2. The van der Waals surface area contributed by atoms with Crippen LogP contribution in [0.2, 0.25) is 0 Å². The number of methoxy groups -OCH3 is 1. The van der Waals surface area contributed by atoms with Gasteiger partial charge in [0.15, 0.2) is 24.2 Å². The molecule has 3 rings (SSSR count). The van der Waals surface area contributed by atoms with Crippen LogP contribution in [0.15, 0.2) is 48.5 Å². The molecule has 6 nitrogen and oxygen atoms in total. The Kier molecular flexibility index (Phi) is 5.28. The Morgan fingerprint density at radius 2 is 1.80 bits per heavy atom. The molecule has 0 spiro atoms. The van der Waals surface area contributed by atoms with Crippen molar-refractivity contribution in [3.8, 4) is 23.0 Å². The van der Waals surface area contributed by atoms with Crippen LogP contribution in [0.1, 0.15) is 0 Å². The third kappa shape index (κ3) is 4.35. The molecule has 0 aromatic heterocycles. The van der Waals surface area contributed by atoms with Crippen molar-refractivity contribution in [3.05, 3.63) is 48.5 Å². The predicted molar refractivity (Wildman–Crippen MR) is 92.5 cm³/mol. The molecule has 0 unspecified atom stereocenters. The van der Waals surface area contributed by atoms with Crippen molar-refractivity contribution in [1.29, 1.82) is 0 Å². The zero-order chi connectivity index (χ0) is 17.6. The number of para-hydroxylation sites is 2. The molecule has 2 aromatic rings. The molecule has 0 N–H and O–H groups in total. The first-order valence-corrected chi connectivity index (χ1v) is 8.05. The molecule has 0 saturated carbocycles. The van der Waals surface area contributed by atoms with Crippen molar-refractivity contribution in [2.24, 2.45) is 0 Å². The summed E-state index contributed by atoms with van der Waals surface area (Å²) in [7, 11) is 3.33. The minimum atomic E-state index is -0.204. The third-order valence-corrected chi connectivity index (χ3v) is 3.89. The van der Waals surface area contributed by atoms with Crippen LogP contribution in [-0.4, -0.2) is 50.8 Å². The van der Waals surface area contributed by atoms with E-state index >= 15 is 0 Å². The predicted octanol–water partition coefficient (Wildman–Crippen LogP) is 2.37. The average molecular weight is 343 g/mol. The number of rotatable bonds is 6. The Morgan fingerprint density at radius 1 is 1.12 bits per heavy atom. The number of carbonyl (C=O) groups is 1. The van der Waals surface area contributed by atoms with E-state index in [2.05, 4.69) is 0 Å². The number of likely N-dealkylation sites (N-methyl/N-ethyl adjacent to an activating group) is 1. The second-order valence-corrected chi connectivity index (χ2v) is 5.74. The van der Waals surface area contributed by atoms with E-state index in [9.17, 15) is 4.79 Å². The number of fused-ring (bicyclic) bond motifs is 1. The summed E-state index contributed by atoms with van der Waals surface area (Å²) in [6.45, 7) is 0.806. The number of hydrogen-bond donors (Lipinski definition) is 0. The van der Waals surface area contributed by atoms with Crippen LogP contribution in [0.5, 0.6) is 23.0 Å². The van der Waals surface area contributed by atoms with Gasteiger partial charge in [0.25, 0.3) is 5.91 Å². The van der Waals surface area contributed by atoms with E-state index in [1.165, 1.54) is 0 Å². The molecule has 25 heavy (non-hydrogen) atoms. The highest BCUT2D eigenvalue weighted by Crippen LogP contribution is 2.30. The highest BCUT2D eigenvalue weighted by atomic mass is 16.6.